The van der Waals surface area contributed by atoms with Gasteiger partial charge in [0.2, 0.25) is 0 Å². The van der Waals surface area contributed by atoms with Crippen molar-refractivity contribution in [3.05, 3.63) is 64.2 Å². The largest absolute Gasteiger partial charge is 0.398 e. The maximum Gasteiger partial charge on any atom is 0.367 e. The van der Waals surface area contributed by atoms with Gasteiger partial charge >= 0.3 is 5.97 Å². The van der Waals surface area contributed by atoms with Crippen molar-refractivity contribution in [1.29, 1.82) is 0 Å². The van der Waals surface area contributed by atoms with Gasteiger partial charge in [0, 0.05) is 11.3 Å². The van der Waals surface area contributed by atoms with Crippen LogP contribution in [0.5, 0.6) is 0 Å². The lowest BCUT2D eigenvalue weighted by Gasteiger charge is -2.07. The normalized spacial score (nSPS) is 11.2. The van der Waals surface area contributed by atoms with E-state index in [-0.39, 0.29) is 16.4 Å². The van der Waals surface area contributed by atoms with E-state index in [4.69, 9.17) is 27.9 Å². The Labute approximate surface area is 127 Å². The van der Waals surface area contributed by atoms with Crippen molar-refractivity contribution in [2.75, 3.05) is 5.73 Å². The van der Waals surface area contributed by atoms with Crippen molar-refractivity contribution in [3.63, 3.8) is 0 Å². The lowest BCUT2D eigenvalue weighted by molar-refractivity contribution is 0.0516. The summed E-state index contributed by atoms with van der Waals surface area (Å²) in [6.45, 7) is 1.81. The maximum atomic E-state index is 11.9. The number of carbonyl (C=O) groups is 1. The summed E-state index contributed by atoms with van der Waals surface area (Å²) in [4.78, 5) is 16.7. The maximum absolute atomic E-state index is 11.9. The molecule has 2 aromatic rings. The van der Waals surface area contributed by atoms with Crippen LogP contribution < -0.4 is 11.5 Å². The molecule has 2 aromatic carbocycles. The van der Waals surface area contributed by atoms with Crippen LogP contribution >= 0.6 is 11.6 Å². The molecule has 0 aliphatic carbocycles. The fourth-order valence-electron chi connectivity index (χ4n) is 1.75. The van der Waals surface area contributed by atoms with E-state index in [2.05, 4.69) is 5.16 Å². The second kappa shape index (κ2) is 6.28. The molecule has 0 amide bonds. The number of rotatable bonds is 3. The van der Waals surface area contributed by atoms with Crippen molar-refractivity contribution in [1.82, 2.24) is 0 Å². The Morgan fingerprint density at radius 1 is 1.14 bits per heavy atom. The fourth-order valence-corrected chi connectivity index (χ4v) is 1.96. The van der Waals surface area contributed by atoms with Crippen molar-refractivity contribution in [2.24, 2.45) is 10.9 Å². The van der Waals surface area contributed by atoms with Gasteiger partial charge in [0.25, 0.3) is 0 Å². The number of benzene rings is 2. The van der Waals surface area contributed by atoms with E-state index in [0.717, 1.165) is 5.56 Å². The minimum Gasteiger partial charge on any atom is -0.398 e. The number of hydrogen-bond donors (Lipinski definition) is 2. The topological polar surface area (TPSA) is 90.7 Å². The summed E-state index contributed by atoms with van der Waals surface area (Å²) in [5.41, 5.74) is 13.8. The minimum absolute atomic E-state index is 0.0696. The Bertz CT molecular complexity index is 714. The molecule has 0 aromatic heterocycles. The highest BCUT2D eigenvalue weighted by Crippen LogP contribution is 2.17. The molecule has 0 aliphatic rings. The molecule has 108 valence electrons. The van der Waals surface area contributed by atoms with E-state index >= 15 is 0 Å². The quantitative estimate of drug-likeness (QED) is 0.300. The first-order valence-corrected chi connectivity index (χ1v) is 6.53. The Morgan fingerprint density at radius 3 is 2.52 bits per heavy atom. The first-order valence-electron chi connectivity index (χ1n) is 6.15. The molecule has 2 rings (SSSR count). The molecule has 0 spiro atoms. The molecule has 0 heterocycles. The standard InChI is InChI=1S/C15H14ClN3O2/c1-9-10(6-4-8-13(9)17)14(18)19-21-15(20)11-5-2-3-7-12(11)16/h2-8H,17H2,1H3,(H2,18,19). The number of hydrogen-bond acceptors (Lipinski definition) is 4. The average Bonchev–Trinajstić information content (AvgIpc) is 2.47. The molecule has 4 N–H and O–H groups in total. The predicted molar refractivity (Wildman–Crippen MR) is 83.2 cm³/mol. The summed E-state index contributed by atoms with van der Waals surface area (Å²) >= 11 is 5.90. The number of halogens is 1. The summed E-state index contributed by atoms with van der Waals surface area (Å²) < 4.78 is 0. The second-order valence-corrected chi connectivity index (χ2v) is 4.76. The summed E-state index contributed by atoms with van der Waals surface area (Å²) in [6.07, 6.45) is 0. The third-order valence-electron chi connectivity index (χ3n) is 2.97. The van der Waals surface area contributed by atoms with Crippen LogP contribution in [0.4, 0.5) is 5.69 Å². The second-order valence-electron chi connectivity index (χ2n) is 4.35. The van der Waals surface area contributed by atoms with Gasteiger partial charge in [-0.25, -0.2) is 4.79 Å². The Balaban J connectivity index is 2.19. The number of anilines is 1. The van der Waals surface area contributed by atoms with Crippen LogP contribution in [-0.2, 0) is 4.84 Å². The molecule has 0 saturated carbocycles. The molecular weight excluding hydrogens is 290 g/mol. The van der Waals surface area contributed by atoms with Crippen LogP contribution in [0.15, 0.2) is 47.6 Å². The molecule has 0 bridgehead atoms. The highest BCUT2D eigenvalue weighted by molar-refractivity contribution is 6.33. The van der Waals surface area contributed by atoms with Crippen LogP contribution in [0, 0.1) is 6.92 Å². The van der Waals surface area contributed by atoms with Gasteiger partial charge in [-0.05, 0) is 30.7 Å². The van der Waals surface area contributed by atoms with Gasteiger partial charge in [0.1, 0.15) is 0 Å². The van der Waals surface area contributed by atoms with Gasteiger partial charge in [0.05, 0.1) is 10.6 Å². The third-order valence-corrected chi connectivity index (χ3v) is 3.30. The molecule has 21 heavy (non-hydrogen) atoms. The number of oxime groups is 1. The zero-order chi connectivity index (χ0) is 15.4. The molecule has 0 atom stereocenters. The van der Waals surface area contributed by atoms with E-state index < -0.39 is 5.97 Å². The number of nitrogen functional groups attached to an aromatic ring is 1. The Kier molecular flexibility index (Phi) is 4.45. The van der Waals surface area contributed by atoms with E-state index in [1.165, 1.54) is 0 Å². The van der Waals surface area contributed by atoms with Crippen molar-refractivity contribution < 1.29 is 9.63 Å². The van der Waals surface area contributed by atoms with E-state index in [1.807, 2.05) is 6.92 Å². The molecule has 0 fully saturated rings. The molecule has 0 radical (unpaired) electrons. The van der Waals surface area contributed by atoms with Crippen molar-refractivity contribution in [3.8, 4) is 0 Å². The summed E-state index contributed by atoms with van der Waals surface area (Å²) in [5, 5.41) is 3.93. The first kappa shape index (κ1) is 14.9. The molecular formula is C15H14ClN3O2. The Morgan fingerprint density at radius 2 is 1.81 bits per heavy atom. The van der Waals surface area contributed by atoms with E-state index in [0.29, 0.717) is 11.3 Å². The number of nitrogens with zero attached hydrogens (tertiary/aromatic N) is 1. The number of carbonyl (C=O) groups excluding carboxylic acids is 1. The van der Waals surface area contributed by atoms with Gasteiger partial charge in [-0.15, -0.1) is 0 Å². The number of nitrogens with two attached hydrogens (primary N) is 2. The van der Waals surface area contributed by atoms with Crippen LogP contribution in [0.25, 0.3) is 0 Å². The zero-order valence-electron chi connectivity index (χ0n) is 11.3. The molecule has 5 nitrogen and oxygen atoms in total. The lowest BCUT2D eigenvalue weighted by atomic mass is 10.1. The fraction of sp³-hybridized carbons (Fsp3) is 0.0667. The van der Waals surface area contributed by atoms with Crippen LogP contribution in [0.2, 0.25) is 5.02 Å². The van der Waals surface area contributed by atoms with Crippen LogP contribution in [-0.4, -0.2) is 11.8 Å². The van der Waals surface area contributed by atoms with Gasteiger partial charge < -0.3 is 16.3 Å². The monoisotopic (exact) mass is 303 g/mol. The Hall–Kier alpha value is -2.53. The molecule has 0 saturated heterocycles. The third kappa shape index (κ3) is 3.32. The van der Waals surface area contributed by atoms with E-state index in [1.54, 1.807) is 42.5 Å². The molecule has 0 aliphatic heterocycles. The first-order chi connectivity index (χ1) is 10.0. The SMILES string of the molecule is Cc1c(N)cccc1/C(N)=N/OC(=O)c1ccccc1Cl. The average molecular weight is 304 g/mol. The predicted octanol–water partition coefficient (Wildman–Crippen LogP) is 2.71. The van der Waals surface area contributed by atoms with Gasteiger partial charge in [0.15, 0.2) is 5.84 Å². The smallest absolute Gasteiger partial charge is 0.367 e. The highest BCUT2D eigenvalue weighted by Gasteiger charge is 2.12. The van der Waals surface area contributed by atoms with Crippen molar-refractivity contribution in [2.45, 2.75) is 6.92 Å². The number of amidine groups is 1. The zero-order valence-corrected chi connectivity index (χ0v) is 12.1. The van der Waals surface area contributed by atoms with Crippen LogP contribution in [0.1, 0.15) is 21.5 Å². The van der Waals surface area contributed by atoms with Crippen molar-refractivity contribution >= 4 is 29.1 Å². The molecule has 0 unspecified atom stereocenters. The molecule has 6 heteroatoms. The lowest BCUT2D eigenvalue weighted by Crippen LogP contribution is -2.17. The van der Waals surface area contributed by atoms with Gasteiger partial charge in [-0.1, -0.05) is 41.0 Å². The summed E-state index contributed by atoms with van der Waals surface area (Å²) in [5.74, 6) is -0.606. The minimum atomic E-state index is -0.676. The van der Waals surface area contributed by atoms with Gasteiger partial charge in [-0.3, -0.25) is 0 Å². The van der Waals surface area contributed by atoms with Crippen LogP contribution in [0.3, 0.4) is 0 Å². The van der Waals surface area contributed by atoms with E-state index in [9.17, 15) is 4.79 Å². The van der Waals surface area contributed by atoms with Gasteiger partial charge in [-0.2, -0.15) is 0 Å². The summed E-state index contributed by atoms with van der Waals surface area (Å²) in [7, 11) is 0. The summed E-state index contributed by atoms with van der Waals surface area (Å²) in [6, 6.07) is 11.8. The highest BCUT2D eigenvalue weighted by atomic mass is 35.5.